The second-order valence-electron chi connectivity index (χ2n) is 6.39. The number of carbonyl (C=O) groups excluding carboxylic acids is 3. The van der Waals surface area contributed by atoms with Gasteiger partial charge in [-0.1, -0.05) is 29.3 Å². The molecule has 0 radical (unpaired) electrons. The van der Waals surface area contributed by atoms with Crippen molar-refractivity contribution < 1.29 is 23.9 Å². The molecule has 0 saturated carbocycles. The minimum atomic E-state index is -0.692. The number of carbonyl (C=O) groups is 3. The van der Waals surface area contributed by atoms with Crippen molar-refractivity contribution in [1.29, 1.82) is 0 Å². The lowest BCUT2D eigenvalue weighted by Gasteiger charge is -2.18. The molecule has 0 aliphatic carbocycles. The number of halogens is 2. The van der Waals surface area contributed by atoms with E-state index < -0.39 is 24.4 Å². The third-order valence-electron chi connectivity index (χ3n) is 4.36. The van der Waals surface area contributed by atoms with Crippen molar-refractivity contribution in [2.45, 2.75) is 6.42 Å². The highest BCUT2D eigenvalue weighted by Crippen LogP contribution is 2.33. The number of hydrogen-bond donors (Lipinski definition) is 1. The van der Waals surface area contributed by atoms with E-state index in [4.69, 9.17) is 32.7 Å². The molecule has 3 rings (SSSR count). The summed E-state index contributed by atoms with van der Waals surface area (Å²) in [5.41, 5.74) is 0.957. The smallest absolute Gasteiger partial charge is 0.311 e. The molecule has 152 valence electrons. The molecule has 29 heavy (non-hydrogen) atoms. The molecule has 0 bridgehead atoms. The summed E-state index contributed by atoms with van der Waals surface area (Å²) in [6, 6.07) is 11.6. The zero-order valence-corrected chi connectivity index (χ0v) is 17.0. The molecular formula is C20H18Cl2N2O5. The van der Waals surface area contributed by atoms with Gasteiger partial charge in [0.15, 0.2) is 6.61 Å². The van der Waals surface area contributed by atoms with Crippen molar-refractivity contribution in [3.05, 3.63) is 52.5 Å². The van der Waals surface area contributed by atoms with Crippen LogP contribution in [0.1, 0.15) is 6.42 Å². The maximum Gasteiger partial charge on any atom is 0.311 e. The summed E-state index contributed by atoms with van der Waals surface area (Å²) < 4.78 is 10.2. The van der Waals surface area contributed by atoms with Crippen molar-refractivity contribution >= 4 is 52.4 Å². The SMILES string of the molecule is COc1cccc(NC(=O)COC(=O)[C@@H]2CC(=O)N(c3cc(Cl)ccc3Cl)C2)c1. The highest BCUT2D eigenvalue weighted by atomic mass is 35.5. The minimum Gasteiger partial charge on any atom is -0.497 e. The van der Waals surface area contributed by atoms with Crippen LogP contribution in [-0.2, 0) is 19.1 Å². The first kappa shape index (κ1) is 21.0. The van der Waals surface area contributed by atoms with Crippen LogP contribution in [0, 0.1) is 5.92 Å². The Labute approximate surface area is 177 Å². The van der Waals surface area contributed by atoms with E-state index in [0.29, 0.717) is 27.2 Å². The summed E-state index contributed by atoms with van der Waals surface area (Å²) in [6.07, 6.45) is -0.0286. The monoisotopic (exact) mass is 436 g/mol. The molecule has 1 aliphatic heterocycles. The highest BCUT2D eigenvalue weighted by molar-refractivity contribution is 6.35. The lowest BCUT2D eigenvalue weighted by molar-refractivity contribution is -0.151. The average Bonchev–Trinajstić information content (AvgIpc) is 3.09. The Hall–Kier alpha value is -2.77. The molecule has 1 aliphatic rings. The fraction of sp³-hybridized carbons (Fsp3) is 0.250. The largest absolute Gasteiger partial charge is 0.497 e. The summed E-state index contributed by atoms with van der Waals surface area (Å²) in [5, 5.41) is 3.40. The average molecular weight is 437 g/mol. The third kappa shape index (κ3) is 5.19. The van der Waals surface area contributed by atoms with Gasteiger partial charge < -0.3 is 19.7 Å². The molecule has 1 heterocycles. The standard InChI is InChI=1S/C20H18Cl2N2O5/c1-28-15-4-2-3-14(9-15)23-18(25)11-29-20(27)12-7-19(26)24(10-12)17-8-13(21)5-6-16(17)22/h2-6,8-9,12H,7,10-11H2,1H3,(H,23,25)/t12-/m1/s1. The maximum absolute atomic E-state index is 12.3. The topological polar surface area (TPSA) is 84.9 Å². The molecular weight excluding hydrogens is 419 g/mol. The number of ether oxygens (including phenoxy) is 2. The molecule has 7 nitrogen and oxygen atoms in total. The van der Waals surface area contributed by atoms with Gasteiger partial charge in [0.2, 0.25) is 5.91 Å². The maximum atomic E-state index is 12.3. The van der Waals surface area contributed by atoms with Crippen molar-refractivity contribution in [2.75, 3.05) is 30.5 Å². The molecule has 1 saturated heterocycles. The third-order valence-corrected chi connectivity index (χ3v) is 4.91. The Bertz CT molecular complexity index is 950. The van der Waals surface area contributed by atoms with Gasteiger partial charge in [0, 0.05) is 29.7 Å². The van der Waals surface area contributed by atoms with Gasteiger partial charge in [0.25, 0.3) is 5.91 Å². The van der Waals surface area contributed by atoms with Crippen molar-refractivity contribution in [1.82, 2.24) is 0 Å². The molecule has 1 atom stereocenters. The minimum absolute atomic E-state index is 0.0286. The molecule has 1 N–H and O–H groups in total. The van der Waals surface area contributed by atoms with E-state index in [0.717, 1.165) is 0 Å². The highest BCUT2D eigenvalue weighted by Gasteiger charge is 2.37. The number of rotatable bonds is 6. The Morgan fingerprint density at radius 1 is 1.21 bits per heavy atom. The summed E-state index contributed by atoms with van der Waals surface area (Å²) in [4.78, 5) is 38.1. The van der Waals surface area contributed by atoms with Gasteiger partial charge in [0.1, 0.15) is 5.75 Å². The number of nitrogens with zero attached hydrogens (tertiary/aromatic N) is 1. The molecule has 9 heteroatoms. The molecule has 2 aromatic rings. The van der Waals surface area contributed by atoms with E-state index in [9.17, 15) is 14.4 Å². The van der Waals surface area contributed by atoms with Crippen LogP contribution in [0.2, 0.25) is 10.0 Å². The predicted octanol–water partition coefficient (Wildman–Crippen LogP) is 3.54. The van der Waals surface area contributed by atoms with Crippen LogP contribution in [-0.4, -0.2) is 38.0 Å². The molecule has 2 amide bonds. The van der Waals surface area contributed by atoms with Crippen molar-refractivity contribution in [2.24, 2.45) is 5.92 Å². The van der Waals surface area contributed by atoms with E-state index in [2.05, 4.69) is 5.32 Å². The number of methoxy groups -OCH3 is 1. The lowest BCUT2D eigenvalue weighted by Crippen LogP contribution is -2.28. The summed E-state index contributed by atoms with van der Waals surface area (Å²) >= 11 is 12.1. The molecule has 2 aromatic carbocycles. The molecule has 0 aromatic heterocycles. The van der Waals surface area contributed by atoms with Gasteiger partial charge in [-0.3, -0.25) is 14.4 Å². The summed E-state index contributed by atoms with van der Waals surface area (Å²) in [6.45, 7) is -0.353. The number of nitrogens with one attached hydrogen (secondary N) is 1. The van der Waals surface area contributed by atoms with Crippen LogP contribution in [0.4, 0.5) is 11.4 Å². The fourth-order valence-electron chi connectivity index (χ4n) is 2.94. The first-order valence-corrected chi connectivity index (χ1v) is 9.49. The van der Waals surface area contributed by atoms with E-state index in [1.807, 2.05) is 0 Å². The second kappa shape index (κ2) is 9.15. The second-order valence-corrected chi connectivity index (χ2v) is 7.23. The van der Waals surface area contributed by atoms with E-state index >= 15 is 0 Å². The number of hydrogen-bond acceptors (Lipinski definition) is 5. The van der Waals surface area contributed by atoms with Crippen LogP contribution in [0.3, 0.4) is 0 Å². The Kier molecular flexibility index (Phi) is 6.61. The quantitative estimate of drug-likeness (QED) is 0.699. The Morgan fingerprint density at radius 2 is 2.00 bits per heavy atom. The van der Waals surface area contributed by atoms with Crippen LogP contribution in [0.5, 0.6) is 5.75 Å². The van der Waals surface area contributed by atoms with Gasteiger partial charge in [0.05, 0.1) is 23.7 Å². The normalized spacial score (nSPS) is 15.9. The van der Waals surface area contributed by atoms with Crippen molar-refractivity contribution in [3.8, 4) is 5.75 Å². The Morgan fingerprint density at radius 3 is 2.76 bits per heavy atom. The van der Waals surface area contributed by atoms with Gasteiger partial charge in [-0.25, -0.2) is 0 Å². The van der Waals surface area contributed by atoms with Crippen LogP contribution in [0.15, 0.2) is 42.5 Å². The summed E-state index contributed by atoms with van der Waals surface area (Å²) in [5.74, 6) is -1.49. The molecule has 1 fully saturated rings. The number of amides is 2. The Balaban J connectivity index is 1.55. The van der Waals surface area contributed by atoms with E-state index in [-0.39, 0.29) is 18.9 Å². The van der Waals surface area contributed by atoms with E-state index in [1.165, 1.54) is 12.0 Å². The van der Waals surface area contributed by atoms with Gasteiger partial charge in [-0.2, -0.15) is 0 Å². The van der Waals surface area contributed by atoms with Gasteiger partial charge >= 0.3 is 5.97 Å². The van der Waals surface area contributed by atoms with Crippen LogP contribution in [0.25, 0.3) is 0 Å². The van der Waals surface area contributed by atoms with Gasteiger partial charge in [-0.15, -0.1) is 0 Å². The summed E-state index contributed by atoms with van der Waals surface area (Å²) in [7, 11) is 1.52. The first-order chi connectivity index (χ1) is 13.9. The molecule has 0 unspecified atom stereocenters. The number of anilines is 2. The zero-order valence-electron chi connectivity index (χ0n) is 15.5. The van der Waals surface area contributed by atoms with Crippen LogP contribution >= 0.6 is 23.2 Å². The number of esters is 1. The van der Waals surface area contributed by atoms with Crippen molar-refractivity contribution in [3.63, 3.8) is 0 Å². The van der Waals surface area contributed by atoms with Gasteiger partial charge in [-0.05, 0) is 30.3 Å². The van der Waals surface area contributed by atoms with Crippen LogP contribution < -0.4 is 15.0 Å². The van der Waals surface area contributed by atoms with E-state index in [1.54, 1.807) is 42.5 Å². The zero-order chi connectivity index (χ0) is 21.0. The fourth-order valence-corrected chi connectivity index (χ4v) is 3.33. The lowest BCUT2D eigenvalue weighted by atomic mass is 10.1. The number of benzene rings is 2. The molecule has 0 spiro atoms. The predicted molar refractivity (Wildman–Crippen MR) is 110 cm³/mol. The first-order valence-electron chi connectivity index (χ1n) is 8.73.